The second kappa shape index (κ2) is 8.29. The Morgan fingerprint density at radius 3 is 2.68 bits per heavy atom. The molecule has 3 fully saturated rings. The van der Waals surface area contributed by atoms with Crippen molar-refractivity contribution in [3.8, 4) is 11.1 Å². The van der Waals surface area contributed by atoms with Gasteiger partial charge in [-0.15, -0.1) is 11.3 Å². The second-order valence-corrected chi connectivity index (χ2v) is 12.4. The monoisotopic (exact) mass is 497 g/mol. The summed E-state index contributed by atoms with van der Waals surface area (Å²) in [6, 6.07) is 11.7. The van der Waals surface area contributed by atoms with Gasteiger partial charge in [0.2, 0.25) is 0 Å². The first kappa shape index (κ1) is 23.2. The number of thiophene rings is 1. The van der Waals surface area contributed by atoms with Crippen LogP contribution in [0.1, 0.15) is 43.5 Å². The van der Waals surface area contributed by atoms with Crippen LogP contribution in [0.3, 0.4) is 0 Å². The Balaban J connectivity index is 1.49. The normalized spacial score (nSPS) is 25.5. The number of hydrogen-bond donors (Lipinski definition) is 2. The molecule has 2 N–H and O–H groups in total. The van der Waals surface area contributed by atoms with Crippen LogP contribution in [0.4, 0.5) is 0 Å². The SMILES string of the molecule is CC1(C)[C@H]2C[C@H](CC=O)[C@@H](NC(=O)c3csc4ccc(-c5ccccc5S(=O)(=O)O)cc34)[C@@H]1C2. The van der Waals surface area contributed by atoms with Gasteiger partial charge in [-0.2, -0.15) is 8.42 Å². The molecule has 1 amide bonds. The van der Waals surface area contributed by atoms with Gasteiger partial charge in [-0.1, -0.05) is 38.1 Å². The maximum Gasteiger partial charge on any atom is 0.295 e. The van der Waals surface area contributed by atoms with Crippen molar-refractivity contribution in [2.75, 3.05) is 0 Å². The van der Waals surface area contributed by atoms with E-state index in [-0.39, 0.29) is 28.2 Å². The zero-order valence-corrected chi connectivity index (χ0v) is 20.7. The Morgan fingerprint density at radius 2 is 1.97 bits per heavy atom. The standard InChI is InChI=1S/C26H27NO5S2/c1-26(2)17-11-16(9-10-28)24(21(26)13-17)27-25(29)20-14-33-22-8-7-15(12-19(20)22)18-5-3-4-6-23(18)34(30,31)32/h3-8,10,12,14,16-17,21,24H,9,11,13H2,1-2H3,(H,27,29)(H,30,31,32)/t16-,17-,21-,24+/m0/s1. The van der Waals surface area contributed by atoms with Crippen LogP contribution in [-0.2, 0) is 14.9 Å². The van der Waals surface area contributed by atoms with E-state index in [0.717, 1.165) is 29.2 Å². The summed E-state index contributed by atoms with van der Waals surface area (Å²) in [5.74, 6) is 0.930. The molecule has 0 aliphatic heterocycles. The average molecular weight is 498 g/mol. The molecule has 3 aromatic rings. The number of amides is 1. The lowest BCUT2D eigenvalue weighted by atomic mass is 9.44. The van der Waals surface area contributed by atoms with E-state index in [0.29, 0.717) is 34.9 Å². The Bertz CT molecular complexity index is 1390. The highest BCUT2D eigenvalue weighted by Gasteiger charge is 2.57. The van der Waals surface area contributed by atoms with Gasteiger partial charge >= 0.3 is 0 Å². The van der Waals surface area contributed by atoms with Crippen molar-refractivity contribution in [3.05, 3.63) is 53.4 Å². The molecule has 2 bridgehead atoms. The van der Waals surface area contributed by atoms with Crippen LogP contribution in [0.25, 0.3) is 21.2 Å². The van der Waals surface area contributed by atoms with Crippen molar-refractivity contribution in [3.63, 3.8) is 0 Å². The molecule has 6 nitrogen and oxygen atoms in total. The number of benzene rings is 2. The third kappa shape index (κ3) is 3.78. The molecular formula is C26H27NO5S2. The molecule has 3 saturated carbocycles. The van der Waals surface area contributed by atoms with E-state index in [1.54, 1.807) is 30.3 Å². The number of nitrogens with one attached hydrogen (secondary N) is 1. The Morgan fingerprint density at radius 1 is 1.21 bits per heavy atom. The predicted molar refractivity (Wildman–Crippen MR) is 132 cm³/mol. The molecule has 2 aromatic carbocycles. The number of fused-ring (bicyclic) bond motifs is 3. The Hall–Kier alpha value is -2.55. The molecule has 1 aromatic heterocycles. The van der Waals surface area contributed by atoms with Gasteiger partial charge in [0, 0.05) is 33.5 Å². The zero-order chi connectivity index (χ0) is 24.3. The molecule has 4 atom stereocenters. The lowest BCUT2D eigenvalue weighted by molar-refractivity contribution is -0.123. The molecule has 0 spiro atoms. The van der Waals surface area contributed by atoms with Crippen molar-refractivity contribution in [2.24, 2.45) is 23.2 Å². The summed E-state index contributed by atoms with van der Waals surface area (Å²) < 4.78 is 34.3. The Labute approximate surface area is 203 Å². The van der Waals surface area contributed by atoms with Gasteiger partial charge in [0.25, 0.3) is 16.0 Å². The van der Waals surface area contributed by atoms with Crippen molar-refractivity contribution in [1.82, 2.24) is 5.32 Å². The van der Waals surface area contributed by atoms with Crippen LogP contribution < -0.4 is 5.32 Å². The predicted octanol–water partition coefficient (Wildman–Crippen LogP) is 5.18. The summed E-state index contributed by atoms with van der Waals surface area (Å²) in [5, 5.41) is 5.82. The molecular weight excluding hydrogens is 470 g/mol. The van der Waals surface area contributed by atoms with Gasteiger partial charge in [0.05, 0.1) is 5.56 Å². The van der Waals surface area contributed by atoms with Crippen molar-refractivity contribution in [2.45, 2.75) is 44.0 Å². The summed E-state index contributed by atoms with van der Waals surface area (Å²) in [6.07, 6.45) is 3.44. The molecule has 34 heavy (non-hydrogen) atoms. The fourth-order valence-corrected chi connectivity index (χ4v) is 7.66. The third-order valence-electron chi connectivity index (χ3n) is 8.07. The van der Waals surface area contributed by atoms with Crippen molar-refractivity contribution < 1.29 is 22.6 Å². The Kier molecular flexibility index (Phi) is 5.66. The van der Waals surface area contributed by atoms with E-state index in [1.807, 2.05) is 11.4 Å². The van der Waals surface area contributed by atoms with Gasteiger partial charge in [-0.25, -0.2) is 0 Å². The highest BCUT2D eigenvalue weighted by molar-refractivity contribution is 7.86. The molecule has 0 radical (unpaired) electrons. The number of aldehydes is 1. The fraction of sp³-hybridized carbons (Fsp3) is 0.385. The van der Waals surface area contributed by atoms with E-state index in [2.05, 4.69) is 19.2 Å². The summed E-state index contributed by atoms with van der Waals surface area (Å²) in [6.45, 7) is 4.50. The first-order valence-corrected chi connectivity index (χ1v) is 13.8. The molecule has 178 valence electrons. The van der Waals surface area contributed by atoms with Crippen LogP contribution in [0.5, 0.6) is 0 Å². The number of carbonyl (C=O) groups is 2. The van der Waals surface area contributed by atoms with Crippen LogP contribution in [0.2, 0.25) is 0 Å². The van der Waals surface area contributed by atoms with Crippen LogP contribution in [0, 0.1) is 23.2 Å². The zero-order valence-electron chi connectivity index (χ0n) is 19.0. The van der Waals surface area contributed by atoms with Crippen LogP contribution in [-0.4, -0.2) is 31.2 Å². The summed E-state index contributed by atoms with van der Waals surface area (Å²) in [7, 11) is -4.40. The van der Waals surface area contributed by atoms with E-state index < -0.39 is 10.1 Å². The molecule has 0 saturated heterocycles. The highest BCUT2D eigenvalue weighted by Crippen LogP contribution is 2.61. The van der Waals surface area contributed by atoms with Gasteiger partial charge in [0.15, 0.2) is 0 Å². The molecule has 3 aliphatic carbocycles. The second-order valence-electron chi connectivity index (χ2n) is 10.1. The third-order valence-corrected chi connectivity index (χ3v) is 9.94. The number of carbonyl (C=O) groups excluding carboxylic acids is 2. The van der Waals surface area contributed by atoms with E-state index >= 15 is 0 Å². The van der Waals surface area contributed by atoms with Gasteiger partial charge in [0.1, 0.15) is 11.2 Å². The van der Waals surface area contributed by atoms with Gasteiger partial charge < -0.3 is 10.1 Å². The maximum atomic E-state index is 13.5. The van der Waals surface area contributed by atoms with Crippen LogP contribution in [0.15, 0.2) is 52.7 Å². The molecule has 0 unspecified atom stereocenters. The quantitative estimate of drug-likeness (QED) is 0.361. The molecule has 6 rings (SSSR count). The van der Waals surface area contributed by atoms with E-state index in [9.17, 15) is 22.6 Å². The minimum atomic E-state index is -4.40. The fourth-order valence-electron chi connectivity index (χ4n) is 6.02. The molecule has 1 heterocycles. The maximum absolute atomic E-state index is 13.5. The summed E-state index contributed by atoms with van der Waals surface area (Å²) >= 11 is 1.45. The first-order valence-electron chi connectivity index (χ1n) is 11.4. The minimum absolute atomic E-state index is 0.0453. The van der Waals surface area contributed by atoms with Crippen molar-refractivity contribution >= 4 is 43.7 Å². The topological polar surface area (TPSA) is 101 Å². The molecule has 8 heteroatoms. The number of hydrogen-bond acceptors (Lipinski definition) is 5. The minimum Gasteiger partial charge on any atom is -0.349 e. The lowest BCUT2D eigenvalue weighted by Gasteiger charge is -2.62. The summed E-state index contributed by atoms with van der Waals surface area (Å²) in [5.41, 5.74) is 1.67. The lowest BCUT2D eigenvalue weighted by Crippen LogP contribution is -2.63. The largest absolute Gasteiger partial charge is 0.349 e. The average Bonchev–Trinajstić information content (AvgIpc) is 3.22. The van der Waals surface area contributed by atoms with E-state index in [1.165, 1.54) is 17.4 Å². The molecule has 3 aliphatic rings. The van der Waals surface area contributed by atoms with Crippen LogP contribution >= 0.6 is 11.3 Å². The summed E-state index contributed by atoms with van der Waals surface area (Å²) in [4.78, 5) is 24.6. The smallest absolute Gasteiger partial charge is 0.295 e. The van der Waals surface area contributed by atoms with Gasteiger partial charge in [-0.05, 0) is 59.8 Å². The van der Waals surface area contributed by atoms with E-state index in [4.69, 9.17) is 0 Å². The first-order chi connectivity index (χ1) is 16.1. The number of rotatable bonds is 6. The highest BCUT2D eigenvalue weighted by atomic mass is 32.2. The van der Waals surface area contributed by atoms with Gasteiger partial charge in [-0.3, -0.25) is 9.35 Å². The van der Waals surface area contributed by atoms with Crippen molar-refractivity contribution in [1.29, 1.82) is 0 Å².